The molecular weight excluding hydrogens is 703 g/mol. The number of nitrogens with one attached hydrogen (secondary N) is 3. The maximum absolute atomic E-state index is 14.4. The Morgan fingerprint density at radius 2 is 1.74 bits per heavy atom. The topological polar surface area (TPSA) is 181 Å². The maximum Gasteiger partial charge on any atom is 0.410 e. The summed E-state index contributed by atoms with van der Waals surface area (Å²) in [6.45, 7) is 0.803. The number of nitrogens with zero attached hydrogens (tertiary/aromatic N) is 2. The van der Waals surface area contributed by atoms with Gasteiger partial charge in [-0.05, 0) is 80.9 Å². The van der Waals surface area contributed by atoms with E-state index < -0.39 is 74.8 Å². The molecule has 3 fully saturated rings. The number of cyclic esters (lactones) is 1. The highest BCUT2D eigenvalue weighted by Crippen LogP contribution is 2.46. The zero-order valence-electron chi connectivity index (χ0n) is 29.9. The number of ether oxygens (including phenoxy) is 2. The quantitative estimate of drug-likeness (QED) is 0.388. The average Bonchev–Trinajstić information content (AvgIpc) is 4.01. The molecule has 286 valence electrons. The molecule has 0 spiro atoms. The number of benzene rings is 1. The van der Waals surface area contributed by atoms with Crippen LogP contribution in [0, 0.1) is 5.92 Å². The van der Waals surface area contributed by atoms with Crippen LogP contribution in [0.15, 0.2) is 36.4 Å². The molecule has 53 heavy (non-hydrogen) atoms. The third-order valence-corrected chi connectivity index (χ3v) is 13.0. The molecule has 5 atom stereocenters. The molecule has 14 nitrogen and oxygen atoms in total. The summed E-state index contributed by atoms with van der Waals surface area (Å²) in [5.74, 6) is -2.43. The molecule has 0 radical (unpaired) electrons. The fourth-order valence-corrected chi connectivity index (χ4v) is 9.26. The smallest absolute Gasteiger partial charge is 0.410 e. The Labute approximate surface area is 310 Å². The van der Waals surface area contributed by atoms with Crippen LogP contribution >= 0.6 is 0 Å². The number of carbonyl (C=O) groups excluding carboxylic acids is 5. The first-order valence-corrected chi connectivity index (χ1v) is 20.6. The second-order valence-electron chi connectivity index (χ2n) is 15.2. The first kappa shape index (κ1) is 36.9. The normalized spacial score (nSPS) is 31.3. The summed E-state index contributed by atoms with van der Waals surface area (Å²) in [6, 6.07) is 3.80. The summed E-state index contributed by atoms with van der Waals surface area (Å²) in [5, 5.41) is 4.94. The first-order chi connectivity index (χ1) is 25.5. The number of carbonyl (C=O) groups is 5. The van der Waals surface area contributed by atoms with Crippen molar-refractivity contribution >= 4 is 46.0 Å². The zero-order chi connectivity index (χ0) is 37.2. The van der Waals surface area contributed by atoms with Crippen LogP contribution in [-0.4, -0.2) is 90.3 Å². The van der Waals surface area contributed by atoms with E-state index in [1.807, 2.05) is 30.4 Å². The predicted octanol–water partition coefficient (Wildman–Crippen LogP) is 3.79. The van der Waals surface area contributed by atoms with Crippen molar-refractivity contribution in [1.82, 2.24) is 25.2 Å². The van der Waals surface area contributed by atoms with Crippen molar-refractivity contribution < 1.29 is 41.9 Å². The third kappa shape index (κ3) is 8.39. The Bertz CT molecular complexity index is 1790. The predicted molar refractivity (Wildman–Crippen MR) is 193 cm³/mol. The summed E-state index contributed by atoms with van der Waals surface area (Å²) >= 11 is 0. The van der Waals surface area contributed by atoms with Crippen molar-refractivity contribution in [2.45, 2.75) is 126 Å². The van der Waals surface area contributed by atoms with Crippen LogP contribution in [-0.2, 0) is 47.0 Å². The lowest BCUT2D eigenvalue weighted by atomic mass is 10.0. The molecule has 1 aromatic carbocycles. The number of allylic oxidation sites excluding steroid dienone is 2. The molecule has 2 saturated carbocycles. The molecule has 5 amide bonds. The highest BCUT2D eigenvalue weighted by Gasteiger charge is 2.62. The summed E-state index contributed by atoms with van der Waals surface area (Å²) in [5.41, 5.74) is 1.58. The Morgan fingerprint density at radius 1 is 0.943 bits per heavy atom. The van der Waals surface area contributed by atoms with Crippen LogP contribution < -0.4 is 15.4 Å². The van der Waals surface area contributed by atoms with Crippen molar-refractivity contribution in [1.29, 1.82) is 0 Å². The number of amides is 5. The molecule has 4 heterocycles. The van der Waals surface area contributed by atoms with Gasteiger partial charge in [0, 0.05) is 18.9 Å². The Balaban J connectivity index is 1.16. The highest BCUT2D eigenvalue weighted by atomic mass is 32.2. The SMILES string of the molecule is O=C1N[C@H]2CCCCC/C=C\[C@H]3C[C@@]3(C(=O)NS(=O)(=O)C3CC3)NC(=O)[C@@H]3C[C@H](CN3C2=O)OC(=O)N2Cc3cccc(c3C2)/C=C\CCCCCO1. The van der Waals surface area contributed by atoms with Crippen molar-refractivity contribution in [2.75, 3.05) is 13.2 Å². The molecule has 1 aromatic rings. The highest BCUT2D eigenvalue weighted by molar-refractivity contribution is 7.91. The monoisotopic (exact) mass is 751 g/mol. The van der Waals surface area contributed by atoms with Crippen molar-refractivity contribution in [2.24, 2.45) is 5.92 Å². The molecule has 3 N–H and O–H groups in total. The van der Waals surface area contributed by atoms with Crippen LogP contribution in [0.5, 0.6) is 0 Å². The molecule has 0 unspecified atom stereocenters. The minimum Gasteiger partial charge on any atom is -0.450 e. The van der Waals surface area contributed by atoms with Gasteiger partial charge < -0.3 is 25.0 Å². The summed E-state index contributed by atoms with van der Waals surface area (Å²) in [6.07, 6.45) is 13.3. The minimum atomic E-state index is -3.89. The van der Waals surface area contributed by atoms with E-state index in [0.717, 1.165) is 48.8 Å². The van der Waals surface area contributed by atoms with Gasteiger partial charge in [-0.25, -0.2) is 18.0 Å². The molecular formula is C38H49N5O9S. The van der Waals surface area contributed by atoms with E-state index in [2.05, 4.69) is 27.5 Å². The lowest BCUT2D eigenvalue weighted by molar-refractivity contribution is -0.141. The van der Waals surface area contributed by atoms with Gasteiger partial charge in [-0.1, -0.05) is 55.3 Å². The van der Waals surface area contributed by atoms with Crippen LogP contribution in [0.4, 0.5) is 9.59 Å². The second kappa shape index (κ2) is 15.5. The number of rotatable bonds is 3. The van der Waals surface area contributed by atoms with Gasteiger partial charge in [0.15, 0.2) is 0 Å². The first-order valence-electron chi connectivity index (χ1n) is 19.1. The zero-order valence-corrected chi connectivity index (χ0v) is 30.7. The fraction of sp³-hybridized carbons (Fsp3) is 0.605. The molecule has 7 rings (SSSR count). The number of alkyl carbamates (subject to hydrolysis) is 1. The largest absolute Gasteiger partial charge is 0.450 e. The van der Waals surface area contributed by atoms with E-state index in [1.54, 1.807) is 4.90 Å². The van der Waals surface area contributed by atoms with Crippen molar-refractivity contribution in [3.8, 4) is 0 Å². The molecule has 15 heteroatoms. The van der Waals surface area contributed by atoms with E-state index >= 15 is 0 Å². The minimum absolute atomic E-state index is 0.0478. The fourth-order valence-electron chi connectivity index (χ4n) is 7.90. The average molecular weight is 752 g/mol. The second-order valence-corrected chi connectivity index (χ2v) is 17.1. The van der Waals surface area contributed by atoms with Crippen LogP contribution in [0.25, 0.3) is 6.08 Å². The van der Waals surface area contributed by atoms with Crippen LogP contribution in [0.2, 0.25) is 0 Å². The van der Waals surface area contributed by atoms with E-state index in [-0.39, 0.29) is 26.0 Å². The van der Waals surface area contributed by atoms with E-state index in [4.69, 9.17) is 9.47 Å². The standard InChI is InChI=1S/C38H49N5O9S/c44-33-32-20-28-23-43(32)34(45)31(16-9-5-1-4-8-15-27-21-38(27,40-33)35(46)41-53(49,50)29-17-18-29)39-36(47)51-19-10-6-2-3-7-12-25-13-11-14-26-22-42(24-30(25)26)37(48)52-28/h7-8,11-15,27-29,31-32H,1-6,9-10,16-24H2,(H,39,47)(H,40,44)(H,41,46)/b12-7-,15-8-/t27-,28+,31-,32-,38+/m0/s1. The third-order valence-electron chi connectivity index (χ3n) is 11.2. The molecule has 6 aliphatic rings. The van der Waals surface area contributed by atoms with Gasteiger partial charge in [-0.2, -0.15) is 0 Å². The van der Waals surface area contributed by atoms with E-state index in [9.17, 15) is 32.4 Å². The van der Waals surface area contributed by atoms with Gasteiger partial charge in [0.25, 0.3) is 5.91 Å². The van der Waals surface area contributed by atoms with Crippen molar-refractivity contribution in [3.05, 3.63) is 53.1 Å². The number of hydrogen-bond acceptors (Lipinski definition) is 9. The lowest BCUT2D eigenvalue weighted by Crippen LogP contribution is -2.58. The van der Waals surface area contributed by atoms with Crippen molar-refractivity contribution in [3.63, 3.8) is 0 Å². The summed E-state index contributed by atoms with van der Waals surface area (Å²) in [4.78, 5) is 71.8. The Kier molecular flexibility index (Phi) is 10.8. The lowest BCUT2D eigenvalue weighted by Gasteiger charge is -2.29. The molecule has 4 aliphatic heterocycles. The van der Waals surface area contributed by atoms with Crippen LogP contribution in [0.1, 0.15) is 100 Å². The van der Waals surface area contributed by atoms with Gasteiger partial charge in [-0.15, -0.1) is 0 Å². The van der Waals surface area contributed by atoms with E-state index in [0.29, 0.717) is 51.6 Å². The van der Waals surface area contributed by atoms with Gasteiger partial charge in [0.2, 0.25) is 21.8 Å². The van der Waals surface area contributed by atoms with E-state index in [1.165, 1.54) is 4.90 Å². The molecule has 0 aromatic heterocycles. The number of fused-ring (bicyclic) bond motifs is 4. The molecule has 5 bridgehead atoms. The Hall–Kier alpha value is -4.40. The van der Waals surface area contributed by atoms with Gasteiger partial charge in [0.05, 0.1) is 24.9 Å². The van der Waals surface area contributed by atoms with Crippen LogP contribution in [0.3, 0.4) is 0 Å². The van der Waals surface area contributed by atoms with Gasteiger partial charge in [-0.3, -0.25) is 24.0 Å². The molecule has 2 aliphatic carbocycles. The summed E-state index contributed by atoms with van der Waals surface area (Å²) in [7, 11) is -3.89. The molecule has 1 saturated heterocycles. The summed E-state index contributed by atoms with van der Waals surface area (Å²) < 4.78 is 39.2. The van der Waals surface area contributed by atoms with Gasteiger partial charge in [0.1, 0.15) is 23.7 Å². The Morgan fingerprint density at radius 3 is 2.55 bits per heavy atom. The number of hydrogen-bond donors (Lipinski definition) is 3. The number of sulfonamides is 1. The van der Waals surface area contributed by atoms with Gasteiger partial charge >= 0.3 is 12.2 Å². The maximum atomic E-state index is 14.4.